The van der Waals surface area contributed by atoms with Gasteiger partial charge in [0.1, 0.15) is 0 Å². The molecule has 0 bridgehead atoms. The van der Waals surface area contributed by atoms with Gasteiger partial charge in [0.2, 0.25) is 5.91 Å². The molecular formula is C17H26N2O. The topological polar surface area (TPSA) is 32.3 Å². The molecule has 1 atom stereocenters. The van der Waals surface area contributed by atoms with Crippen LogP contribution in [0.15, 0.2) is 18.2 Å². The minimum Gasteiger partial charge on any atom is -0.340 e. The largest absolute Gasteiger partial charge is 0.340 e. The number of benzene rings is 1. The molecule has 2 rings (SSSR count). The first-order chi connectivity index (χ1) is 9.56. The number of nitrogens with one attached hydrogen (secondary N) is 1. The van der Waals surface area contributed by atoms with Gasteiger partial charge in [-0.25, -0.2) is 0 Å². The highest BCUT2D eigenvalue weighted by Crippen LogP contribution is 2.15. The summed E-state index contributed by atoms with van der Waals surface area (Å²) in [5.74, 6) is 0.435. The number of hydrogen-bond acceptors (Lipinski definition) is 2. The molecule has 1 aliphatic rings. The van der Waals surface area contributed by atoms with Gasteiger partial charge in [0, 0.05) is 32.1 Å². The highest BCUT2D eigenvalue weighted by molar-refractivity contribution is 5.78. The second-order valence-electron chi connectivity index (χ2n) is 6.01. The van der Waals surface area contributed by atoms with Gasteiger partial charge < -0.3 is 10.2 Å². The van der Waals surface area contributed by atoms with Crippen molar-refractivity contribution in [1.29, 1.82) is 0 Å². The monoisotopic (exact) mass is 274 g/mol. The second-order valence-corrected chi connectivity index (χ2v) is 6.01. The Bertz CT molecular complexity index is 444. The number of carbonyl (C=O) groups excluding carboxylic acids is 1. The molecule has 3 heteroatoms. The van der Waals surface area contributed by atoms with Crippen molar-refractivity contribution in [2.24, 2.45) is 5.92 Å². The second kappa shape index (κ2) is 6.89. The molecule has 1 fully saturated rings. The van der Waals surface area contributed by atoms with Gasteiger partial charge in [-0.2, -0.15) is 0 Å². The number of rotatable bonds is 4. The third-order valence-electron chi connectivity index (χ3n) is 4.00. The van der Waals surface area contributed by atoms with Crippen molar-refractivity contribution in [3.8, 4) is 0 Å². The van der Waals surface area contributed by atoms with E-state index in [1.54, 1.807) is 0 Å². The summed E-state index contributed by atoms with van der Waals surface area (Å²) < 4.78 is 0. The van der Waals surface area contributed by atoms with Gasteiger partial charge in [0.15, 0.2) is 0 Å². The van der Waals surface area contributed by atoms with Crippen LogP contribution in [-0.2, 0) is 11.2 Å². The third kappa shape index (κ3) is 4.07. The lowest BCUT2D eigenvalue weighted by molar-refractivity contribution is -0.135. The van der Waals surface area contributed by atoms with E-state index in [2.05, 4.69) is 44.3 Å². The number of piperazine rings is 1. The SMILES string of the molecule is Cc1cc(C)cc(CCC(C)C(=O)N2CCNCC2)c1. The predicted molar refractivity (Wildman–Crippen MR) is 82.9 cm³/mol. The summed E-state index contributed by atoms with van der Waals surface area (Å²) in [5, 5.41) is 3.28. The van der Waals surface area contributed by atoms with Crippen LogP contribution in [0.4, 0.5) is 0 Å². The Morgan fingerprint density at radius 2 is 1.80 bits per heavy atom. The number of amides is 1. The molecule has 1 aromatic rings. The molecular weight excluding hydrogens is 248 g/mol. The third-order valence-corrected chi connectivity index (χ3v) is 4.00. The average Bonchev–Trinajstić information content (AvgIpc) is 2.44. The number of carbonyl (C=O) groups is 1. The van der Waals surface area contributed by atoms with Crippen molar-refractivity contribution in [1.82, 2.24) is 10.2 Å². The first-order valence-corrected chi connectivity index (χ1v) is 7.63. The Balaban J connectivity index is 1.87. The molecule has 1 unspecified atom stereocenters. The molecule has 3 nitrogen and oxygen atoms in total. The van der Waals surface area contributed by atoms with Crippen LogP contribution in [-0.4, -0.2) is 37.0 Å². The number of hydrogen-bond donors (Lipinski definition) is 1. The van der Waals surface area contributed by atoms with Crippen LogP contribution in [0.1, 0.15) is 30.0 Å². The van der Waals surface area contributed by atoms with Crippen molar-refractivity contribution in [3.05, 3.63) is 34.9 Å². The van der Waals surface area contributed by atoms with E-state index in [-0.39, 0.29) is 5.92 Å². The fourth-order valence-corrected chi connectivity index (χ4v) is 2.92. The molecule has 20 heavy (non-hydrogen) atoms. The highest BCUT2D eigenvalue weighted by atomic mass is 16.2. The fraction of sp³-hybridized carbons (Fsp3) is 0.588. The highest BCUT2D eigenvalue weighted by Gasteiger charge is 2.21. The normalized spacial score (nSPS) is 17.1. The van der Waals surface area contributed by atoms with Crippen LogP contribution in [0.3, 0.4) is 0 Å². The molecule has 1 heterocycles. The molecule has 0 spiro atoms. The molecule has 1 aliphatic heterocycles. The fourth-order valence-electron chi connectivity index (χ4n) is 2.92. The van der Waals surface area contributed by atoms with E-state index >= 15 is 0 Å². The van der Waals surface area contributed by atoms with Crippen molar-refractivity contribution >= 4 is 5.91 Å². The maximum atomic E-state index is 12.4. The van der Waals surface area contributed by atoms with Crippen molar-refractivity contribution < 1.29 is 4.79 Å². The minimum absolute atomic E-state index is 0.119. The molecule has 0 aromatic heterocycles. The van der Waals surface area contributed by atoms with Crippen LogP contribution < -0.4 is 5.32 Å². The van der Waals surface area contributed by atoms with Gasteiger partial charge in [-0.1, -0.05) is 36.2 Å². The standard InChI is InChI=1S/C17H26N2O/c1-13-10-14(2)12-16(11-13)5-4-15(3)17(20)19-8-6-18-7-9-19/h10-12,15,18H,4-9H2,1-3H3. The minimum atomic E-state index is 0.119. The van der Waals surface area contributed by atoms with E-state index in [1.165, 1.54) is 16.7 Å². The first-order valence-electron chi connectivity index (χ1n) is 7.63. The van der Waals surface area contributed by atoms with Crippen LogP contribution in [0.5, 0.6) is 0 Å². The lowest BCUT2D eigenvalue weighted by Gasteiger charge is -2.29. The van der Waals surface area contributed by atoms with Crippen LogP contribution in [0.2, 0.25) is 0 Å². The van der Waals surface area contributed by atoms with Crippen molar-refractivity contribution in [2.45, 2.75) is 33.6 Å². The molecule has 1 N–H and O–H groups in total. The summed E-state index contributed by atoms with van der Waals surface area (Å²) in [5.41, 5.74) is 3.96. The lowest BCUT2D eigenvalue weighted by atomic mass is 9.97. The molecule has 0 saturated carbocycles. The Kier molecular flexibility index (Phi) is 5.18. The summed E-state index contributed by atoms with van der Waals surface area (Å²) in [6.07, 6.45) is 1.92. The molecule has 1 saturated heterocycles. The summed E-state index contributed by atoms with van der Waals surface area (Å²) in [6, 6.07) is 6.66. The summed E-state index contributed by atoms with van der Waals surface area (Å²) in [7, 11) is 0. The quantitative estimate of drug-likeness (QED) is 0.914. The molecule has 110 valence electrons. The molecule has 1 amide bonds. The maximum Gasteiger partial charge on any atom is 0.225 e. The lowest BCUT2D eigenvalue weighted by Crippen LogP contribution is -2.48. The molecule has 0 aliphatic carbocycles. The molecule has 1 aromatic carbocycles. The van der Waals surface area contributed by atoms with Crippen molar-refractivity contribution in [2.75, 3.05) is 26.2 Å². The maximum absolute atomic E-state index is 12.4. The smallest absolute Gasteiger partial charge is 0.225 e. The zero-order chi connectivity index (χ0) is 14.5. The van der Waals surface area contributed by atoms with Gasteiger partial charge in [-0.3, -0.25) is 4.79 Å². The zero-order valence-corrected chi connectivity index (χ0v) is 12.9. The van der Waals surface area contributed by atoms with E-state index in [9.17, 15) is 4.79 Å². The number of aryl methyl sites for hydroxylation is 3. The Morgan fingerprint density at radius 1 is 1.20 bits per heavy atom. The Labute approximate surface area is 122 Å². The number of nitrogens with zero attached hydrogens (tertiary/aromatic N) is 1. The van der Waals surface area contributed by atoms with E-state index in [4.69, 9.17) is 0 Å². The summed E-state index contributed by atoms with van der Waals surface area (Å²) in [6.45, 7) is 9.88. The van der Waals surface area contributed by atoms with Gasteiger partial charge in [-0.15, -0.1) is 0 Å². The van der Waals surface area contributed by atoms with Gasteiger partial charge in [0.05, 0.1) is 0 Å². The zero-order valence-electron chi connectivity index (χ0n) is 12.9. The Hall–Kier alpha value is -1.35. The summed E-state index contributed by atoms with van der Waals surface area (Å²) >= 11 is 0. The first kappa shape index (κ1) is 15.0. The predicted octanol–water partition coefficient (Wildman–Crippen LogP) is 2.30. The van der Waals surface area contributed by atoms with E-state index in [0.717, 1.165) is 39.0 Å². The van der Waals surface area contributed by atoms with E-state index < -0.39 is 0 Å². The van der Waals surface area contributed by atoms with E-state index in [0.29, 0.717) is 5.91 Å². The van der Waals surface area contributed by atoms with Gasteiger partial charge >= 0.3 is 0 Å². The Morgan fingerprint density at radius 3 is 2.40 bits per heavy atom. The summed E-state index contributed by atoms with van der Waals surface area (Å²) in [4.78, 5) is 14.4. The van der Waals surface area contributed by atoms with E-state index in [1.807, 2.05) is 4.90 Å². The van der Waals surface area contributed by atoms with Gasteiger partial charge in [-0.05, 0) is 32.3 Å². The van der Waals surface area contributed by atoms with Gasteiger partial charge in [0.25, 0.3) is 0 Å². The van der Waals surface area contributed by atoms with Crippen LogP contribution in [0.25, 0.3) is 0 Å². The average molecular weight is 274 g/mol. The van der Waals surface area contributed by atoms with Crippen LogP contribution >= 0.6 is 0 Å². The van der Waals surface area contributed by atoms with Crippen molar-refractivity contribution in [3.63, 3.8) is 0 Å². The van der Waals surface area contributed by atoms with Crippen LogP contribution in [0, 0.1) is 19.8 Å². The molecule has 0 radical (unpaired) electrons.